The molecule has 0 aliphatic rings. The predicted octanol–water partition coefficient (Wildman–Crippen LogP) is 2.95. The lowest BCUT2D eigenvalue weighted by molar-refractivity contribution is 0.199. The Morgan fingerprint density at radius 1 is 1.23 bits per heavy atom. The van der Waals surface area contributed by atoms with Gasteiger partial charge in [-0.2, -0.15) is 0 Å². The maximum atomic E-state index is 5.54. The Kier molecular flexibility index (Phi) is 6.64. The maximum Gasteiger partial charge on any atom is 0.161 e. The molecule has 0 aliphatic heterocycles. The highest BCUT2D eigenvalue weighted by Gasteiger charge is 2.09. The number of ether oxygens (including phenoxy) is 3. The van der Waals surface area contributed by atoms with Gasteiger partial charge in [0.2, 0.25) is 0 Å². The van der Waals surface area contributed by atoms with E-state index in [0.717, 1.165) is 40.9 Å². The summed E-state index contributed by atoms with van der Waals surface area (Å²) in [7, 11) is 3.34. The van der Waals surface area contributed by atoms with Crippen LogP contribution in [0, 0.1) is 0 Å². The summed E-state index contributed by atoms with van der Waals surface area (Å²) < 4.78 is 15.9. The van der Waals surface area contributed by atoms with Crippen LogP contribution in [-0.4, -0.2) is 39.0 Å². The minimum absolute atomic E-state index is 0.615. The van der Waals surface area contributed by atoms with Crippen LogP contribution in [0.25, 0.3) is 10.6 Å². The third-order valence-corrected chi connectivity index (χ3v) is 3.99. The number of rotatable bonds is 9. The van der Waals surface area contributed by atoms with E-state index in [-0.39, 0.29) is 0 Å². The van der Waals surface area contributed by atoms with Crippen LogP contribution in [0.15, 0.2) is 23.6 Å². The summed E-state index contributed by atoms with van der Waals surface area (Å²) in [6, 6.07) is 5.90. The first-order valence-corrected chi connectivity index (χ1v) is 8.11. The second-order valence-corrected chi connectivity index (χ2v) is 5.47. The average Bonchev–Trinajstić information content (AvgIpc) is 3.01. The Bertz CT molecular complexity index is 587. The Labute approximate surface area is 135 Å². The number of nitrogens with one attached hydrogen (secondary N) is 1. The molecular weight excluding hydrogens is 300 g/mol. The molecule has 2 rings (SSSR count). The lowest BCUT2D eigenvalue weighted by Gasteiger charge is -2.09. The number of thiazole rings is 1. The van der Waals surface area contributed by atoms with Gasteiger partial charge in [-0.25, -0.2) is 4.98 Å². The third-order valence-electron chi connectivity index (χ3n) is 3.05. The molecule has 1 aromatic carbocycles. The minimum Gasteiger partial charge on any atom is -0.493 e. The van der Waals surface area contributed by atoms with E-state index in [1.165, 1.54) is 0 Å². The minimum atomic E-state index is 0.615. The SMILES string of the molecule is CCOc1ccc(-c2nc(CNCCOC)cs2)cc1OC. The van der Waals surface area contributed by atoms with Gasteiger partial charge in [-0.15, -0.1) is 11.3 Å². The van der Waals surface area contributed by atoms with Crippen molar-refractivity contribution >= 4 is 11.3 Å². The van der Waals surface area contributed by atoms with Crippen LogP contribution in [-0.2, 0) is 11.3 Å². The molecule has 0 bridgehead atoms. The van der Waals surface area contributed by atoms with Crippen LogP contribution < -0.4 is 14.8 Å². The first kappa shape index (κ1) is 16.7. The molecule has 0 spiro atoms. The van der Waals surface area contributed by atoms with E-state index >= 15 is 0 Å². The molecule has 0 amide bonds. The fraction of sp³-hybridized carbons (Fsp3) is 0.438. The van der Waals surface area contributed by atoms with Crippen molar-refractivity contribution in [2.45, 2.75) is 13.5 Å². The molecule has 1 N–H and O–H groups in total. The maximum absolute atomic E-state index is 5.54. The zero-order chi connectivity index (χ0) is 15.8. The lowest BCUT2D eigenvalue weighted by Crippen LogP contribution is -2.18. The number of benzene rings is 1. The largest absolute Gasteiger partial charge is 0.493 e. The smallest absolute Gasteiger partial charge is 0.161 e. The van der Waals surface area contributed by atoms with Crippen molar-refractivity contribution in [3.05, 3.63) is 29.3 Å². The molecule has 2 aromatic rings. The van der Waals surface area contributed by atoms with Crippen LogP contribution in [0.2, 0.25) is 0 Å². The normalized spacial score (nSPS) is 10.7. The molecule has 0 radical (unpaired) electrons. The van der Waals surface area contributed by atoms with E-state index in [1.54, 1.807) is 25.6 Å². The number of nitrogens with zero attached hydrogens (tertiary/aromatic N) is 1. The molecule has 22 heavy (non-hydrogen) atoms. The van der Waals surface area contributed by atoms with E-state index in [0.29, 0.717) is 13.2 Å². The molecular formula is C16H22N2O3S. The lowest BCUT2D eigenvalue weighted by atomic mass is 10.2. The summed E-state index contributed by atoms with van der Waals surface area (Å²) in [6.07, 6.45) is 0. The first-order valence-electron chi connectivity index (χ1n) is 7.23. The highest BCUT2D eigenvalue weighted by molar-refractivity contribution is 7.13. The predicted molar refractivity (Wildman–Crippen MR) is 88.9 cm³/mol. The summed E-state index contributed by atoms with van der Waals surface area (Å²) in [5.41, 5.74) is 2.07. The molecule has 0 fully saturated rings. The molecule has 0 saturated heterocycles. The fourth-order valence-corrected chi connectivity index (χ4v) is 2.80. The van der Waals surface area contributed by atoms with Gasteiger partial charge in [0.25, 0.3) is 0 Å². The van der Waals surface area contributed by atoms with Crippen molar-refractivity contribution in [2.24, 2.45) is 0 Å². The van der Waals surface area contributed by atoms with Crippen LogP contribution in [0.4, 0.5) is 0 Å². The molecule has 1 aromatic heterocycles. The highest BCUT2D eigenvalue weighted by Crippen LogP contribution is 2.33. The molecule has 1 heterocycles. The van der Waals surface area contributed by atoms with Gasteiger partial charge in [0, 0.05) is 31.1 Å². The average molecular weight is 322 g/mol. The van der Waals surface area contributed by atoms with E-state index in [1.807, 2.05) is 25.1 Å². The van der Waals surface area contributed by atoms with Crippen molar-refractivity contribution in [1.29, 1.82) is 0 Å². The molecule has 6 heteroatoms. The van der Waals surface area contributed by atoms with Crippen LogP contribution >= 0.6 is 11.3 Å². The van der Waals surface area contributed by atoms with Gasteiger partial charge in [0.1, 0.15) is 5.01 Å². The van der Waals surface area contributed by atoms with Gasteiger partial charge < -0.3 is 19.5 Å². The number of hydrogen-bond donors (Lipinski definition) is 1. The summed E-state index contributed by atoms with van der Waals surface area (Å²) >= 11 is 1.63. The van der Waals surface area contributed by atoms with Crippen LogP contribution in [0.5, 0.6) is 11.5 Å². The summed E-state index contributed by atoms with van der Waals surface area (Å²) in [5, 5.41) is 6.33. The Balaban J connectivity index is 2.06. The second kappa shape index (κ2) is 8.73. The molecule has 0 aliphatic carbocycles. The molecule has 0 atom stereocenters. The third kappa shape index (κ3) is 4.43. The highest BCUT2D eigenvalue weighted by atomic mass is 32.1. The molecule has 0 unspecified atom stereocenters. The molecule has 0 saturated carbocycles. The first-order chi connectivity index (χ1) is 10.8. The van der Waals surface area contributed by atoms with Crippen molar-refractivity contribution < 1.29 is 14.2 Å². The van der Waals surface area contributed by atoms with Crippen molar-refractivity contribution in [3.8, 4) is 22.1 Å². The van der Waals surface area contributed by atoms with Gasteiger partial charge >= 0.3 is 0 Å². The van der Waals surface area contributed by atoms with Crippen molar-refractivity contribution in [3.63, 3.8) is 0 Å². The summed E-state index contributed by atoms with van der Waals surface area (Å²) in [5.74, 6) is 1.49. The summed E-state index contributed by atoms with van der Waals surface area (Å²) in [4.78, 5) is 4.65. The topological polar surface area (TPSA) is 52.6 Å². The zero-order valence-corrected chi connectivity index (χ0v) is 14.0. The van der Waals surface area contributed by atoms with E-state index in [4.69, 9.17) is 14.2 Å². The zero-order valence-electron chi connectivity index (χ0n) is 13.2. The standard InChI is InChI=1S/C16H22N2O3S/c1-4-21-14-6-5-12(9-15(14)20-3)16-18-13(11-22-16)10-17-7-8-19-2/h5-6,9,11,17H,4,7-8,10H2,1-3H3. The van der Waals surface area contributed by atoms with E-state index in [9.17, 15) is 0 Å². The van der Waals surface area contributed by atoms with Crippen LogP contribution in [0.1, 0.15) is 12.6 Å². The van der Waals surface area contributed by atoms with Gasteiger partial charge in [-0.3, -0.25) is 0 Å². The van der Waals surface area contributed by atoms with Gasteiger partial charge in [-0.1, -0.05) is 0 Å². The summed E-state index contributed by atoms with van der Waals surface area (Å²) in [6.45, 7) is 4.84. The monoisotopic (exact) mass is 322 g/mol. The number of methoxy groups -OCH3 is 2. The Morgan fingerprint density at radius 2 is 2.09 bits per heavy atom. The number of hydrogen-bond acceptors (Lipinski definition) is 6. The molecule has 5 nitrogen and oxygen atoms in total. The van der Waals surface area contributed by atoms with Crippen LogP contribution in [0.3, 0.4) is 0 Å². The molecule has 120 valence electrons. The van der Waals surface area contributed by atoms with Gasteiger partial charge in [0.05, 0.1) is 26.0 Å². The fourth-order valence-electron chi connectivity index (χ4n) is 1.99. The Morgan fingerprint density at radius 3 is 2.82 bits per heavy atom. The second-order valence-electron chi connectivity index (χ2n) is 4.61. The van der Waals surface area contributed by atoms with Gasteiger partial charge in [-0.05, 0) is 25.1 Å². The Hall–Kier alpha value is -1.63. The quantitative estimate of drug-likeness (QED) is 0.719. The number of aromatic nitrogens is 1. The van der Waals surface area contributed by atoms with E-state index in [2.05, 4.69) is 15.7 Å². The van der Waals surface area contributed by atoms with E-state index < -0.39 is 0 Å². The van der Waals surface area contributed by atoms with Crippen molar-refractivity contribution in [1.82, 2.24) is 10.3 Å². The van der Waals surface area contributed by atoms with Gasteiger partial charge in [0.15, 0.2) is 11.5 Å². The van der Waals surface area contributed by atoms with Crippen molar-refractivity contribution in [2.75, 3.05) is 34.0 Å².